The lowest BCUT2D eigenvalue weighted by Crippen LogP contribution is -2.39. The summed E-state index contributed by atoms with van der Waals surface area (Å²) in [7, 11) is 0. The second-order valence-corrected chi connectivity index (χ2v) is 8.31. The molecule has 30 heavy (non-hydrogen) atoms. The molecule has 0 radical (unpaired) electrons. The lowest BCUT2D eigenvalue weighted by atomic mass is 10.0. The second-order valence-electron chi connectivity index (χ2n) is 7.93. The number of piperidine rings is 1. The van der Waals surface area contributed by atoms with Crippen LogP contribution in [0.1, 0.15) is 37.3 Å². The molecule has 2 aliphatic rings. The van der Waals surface area contributed by atoms with Crippen molar-refractivity contribution in [1.82, 2.24) is 14.9 Å². The minimum Gasteiger partial charge on any atom is -0.373 e. The summed E-state index contributed by atoms with van der Waals surface area (Å²) < 4.78 is 6.09. The number of aromatic nitrogens is 2. The Morgan fingerprint density at radius 2 is 2.07 bits per heavy atom. The van der Waals surface area contributed by atoms with E-state index in [1.165, 1.54) is 5.56 Å². The minimum absolute atomic E-state index is 0.127. The zero-order valence-electron chi connectivity index (χ0n) is 17.3. The average molecular weight is 430 g/mol. The number of amides is 1. The molecular weight excluding hydrogens is 402 g/mol. The minimum atomic E-state index is 0.127. The number of ether oxygens (including phenoxy) is 1. The van der Waals surface area contributed by atoms with Crippen molar-refractivity contribution >= 4 is 23.3 Å². The monoisotopic (exact) mass is 429 g/mol. The van der Waals surface area contributed by atoms with Gasteiger partial charge in [0.2, 0.25) is 5.91 Å². The van der Waals surface area contributed by atoms with Crippen LogP contribution in [0.15, 0.2) is 24.7 Å². The van der Waals surface area contributed by atoms with E-state index in [2.05, 4.69) is 20.9 Å². The summed E-state index contributed by atoms with van der Waals surface area (Å²) in [6.45, 7) is 4.92. The van der Waals surface area contributed by atoms with E-state index in [1.54, 1.807) is 19.3 Å². The Balaban J connectivity index is 1.47. The molecule has 2 aromatic rings. The topological polar surface area (TPSA) is 84.6 Å². The zero-order chi connectivity index (χ0) is 21.1. The average Bonchev–Trinajstić information content (AvgIpc) is 2.78. The van der Waals surface area contributed by atoms with Gasteiger partial charge in [-0.1, -0.05) is 11.6 Å². The summed E-state index contributed by atoms with van der Waals surface area (Å²) in [5, 5.41) is 0.652. The Morgan fingerprint density at radius 3 is 2.80 bits per heavy atom. The molecule has 0 aromatic carbocycles. The normalized spacial score (nSPS) is 17.2. The van der Waals surface area contributed by atoms with E-state index in [1.807, 2.05) is 11.1 Å². The number of nitrogens with zero attached hydrogens (tertiary/aromatic N) is 4. The van der Waals surface area contributed by atoms with Crippen molar-refractivity contribution in [3.63, 3.8) is 0 Å². The van der Waals surface area contributed by atoms with Crippen molar-refractivity contribution < 1.29 is 9.53 Å². The summed E-state index contributed by atoms with van der Waals surface area (Å²) in [6, 6.07) is 2.15. The third-order valence-corrected chi connectivity index (χ3v) is 6.41. The maximum Gasteiger partial charge on any atom is 0.219 e. The molecule has 2 N–H and O–H groups in total. The molecule has 1 saturated heterocycles. The second kappa shape index (κ2) is 9.29. The fraction of sp³-hybridized carbons (Fsp3) is 0.500. The fourth-order valence-electron chi connectivity index (χ4n) is 4.20. The number of carbonyl (C=O) groups excluding carboxylic acids is 1. The van der Waals surface area contributed by atoms with Crippen molar-refractivity contribution in [2.45, 2.75) is 45.3 Å². The molecule has 7 nitrogen and oxygen atoms in total. The number of pyridine rings is 2. The van der Waals surface area contributed by atoms with Gasteiger partial charge in [-0.05, 0) is 37.3 Å². The largest absolute Gasteiger partial charge is 0.373 e. The zero-order valence-corrected chi connectivity index (χ0v) is 18.1. The first-order valence-electron chi connectivity index (χ1n) is 10.5. The van der Waals surface area contributed by atoms with Crippen LogP contribution >= 0.6 is 11.6 Å². The number of nitrogens with two attached hydrogens (primary N) is 1. The van der Waals surface area contributed by atoms with Gasteiger partial charge in [-0.2, -0.15) is 0 Å². The van der Waals surface area contributed by atoms with Crippen LogP contribution in [0.25, 0.3) is 11.1 Å². The summed E-state index contributed by atoms with van der Waals surface area (Å²) in [6.07, 6.45) is 9.26. The number of hydrogen-bond acceptors (Lipinski definition) is 6. The molecule has 0 spiro atoms. The van der Waals surface area contributed by atoms with Crippen LogP contribution in [-0.2, 0) is 22.6 Å². The van der Waals surface area contributed by atoms with E-state index >= 15 is 0 Å². The highest BCUT2D eigenvalue weighted by Crippen LogP contribution is 2.34. The van der Waals surface area contributed by atoms with E-state index < -0.39 is 0 Å². The summed E-state index contributed by atoms with van der Waals surface area (Å²) >= 11 is 6.73. The van der Waals surface area contributed by atoms with E-state index in [0.717, 1.165) is 67.8 Å². The molecule has 1 amide bonds. The number of likely N-dealkylation sites (tertiary alicyclic amines) is 1. The third kappa shape index (κ3) is 4.43. The maximum absolute atomic E-state index is 11.5. The highest BCUT2D eigenvalue weighted by atomic mass is 35.5. The molecule has 0 atom stereocenters. The number of rotatable bonds is 5. The lowest BCUT2D eigenvalue weighted by molar-refractivity contribution is -0.131. The van der Waals surface area contributed by atoms with Gasteiger partial charge in [0.05, 0.1) is 24.4 Å². The van der Waals surface area contributed by atoms with E-state index in [9.17, 15) is 4.79 Å². The summed E-state index contributed by atoms with van der Waals surface area (Å²) in [4.78, 5) is 24.5. The Kier molecular flexibility index (Phi) is 6.51. The first kappa shape index (κ1) is 21.0. The van der Waals surface area contributed by atoms with Crippen LogP contribution in [0.2, 0.25) is 5.02 Å². The molecule has 4 rings (SSSR count). The van der Waals surface area contributed by atoms with Crippen molar-refractivity contribution in [2.75, 3.05) is 31.2 Å². The molecule has 2 aliphatic heterocycles. The maximum atomic E-state index is 11.5. The standard InChI is InChI=1S/C22H28ClN5O2/c1-15(29)27-7-4-19(5-8-27)30-13-18-10-25-12-20(21(18)23)17-9-16-3-2-6-28(14-24)22(16)26-11-17/h9-12,19H,2-8,13-14,24H2,1H3. The number of aryl methyl sites for hydroxylation is 1. The Bertz CT molecular complexity index is 914. The summed E-state index contributed by atoms with van der Waals surface area (Å²) in [5.74, 6) is 1.09. The smallest absolute Gasteiger partial charge is 0.219 e. The number of halogens is 1. The number of hydrogen-bond donors (Lipinski definition) is 1. The number of carbonyl (C=O) groups is 1. The first-order valence-corrected chi connectivity index (χ1v) is 10.9. The van der Waals surface area contributed by atoms with Gasteiger partial charge < -0.3 is 20.3 Å². The molecule has 8 heteroatoms. The van der Waals surface area contributed by atoms with Gasteiger partial charge in [0.15, 0.2) is 0 Å². The number of anilines is 1. The Hall–Kier alpha value is -2.22. The van der Waals surface area contributed by atoms with Crippen LogP contribution in [0.4, 0.5) is 5.82 Å². The van der Waals surface area contributed by atoms with Gasteiger partial charge in [0.1, 0.15) is 5.82 Å². The van der Waals surface area contributed by atoms with Gasteiger partial charge in [0, 0.05) is 61.8 Å². The molecule has 0 unspecified atom stereocenters. The van der Waals surface area contributed by atoms with E-state index in [4.69, 9.17) is 22.1 Å². The molecule has 4 heterocycles. The quantitative estimate of drug-likeness (QED) is 0.786. The van der Waals surface area contributed by atoms with Crippen LogP contribution in [-0.4, -0.2) is 53.2 Å². The highest BCUT2D eigenvalue weighted by Gasteiger charge is 2.22. The first-order chi connectivity index (χ1) is 14.6. The predicted octanol–water partition coefficient (Wildman–Crippen LogP) is 2.99. The highest BCUT2D eigenvalue weighted by molar-refractivity contribution is 6.34. The van der Waals surface area contributed by atoms with Gasteiger partial charge >= 0.3 is 0 Å². The third-order valence-electron chi connectivity index (χ3n) is 5.96. The molecule has 0 bridgehead atoms. The van der Waals surface area contributed by atoms with Crippen LogP contribution in [0.5, 0.6) is 0 Å². The number of fused-ring (bicyclic) bond motifs is 1. The Labute approximate surface area is 182 Å². The van der Waals surface area contributed by atoms with Crippen molar-refractivity contribution in [3.8, 4) is 11.1 Å². The molecular formula is C22H28ClN5O2. The molecule has 2 aromatic heterocycles. The van der Waals surface area contributed by atoms with Crippen LogP contribution < -0.4 is 10.6 Å². The summed E-state index contributed by atoms with van der Waals surface area (Å²) in [5.41, 5.74) is 9.73. The van der Waals surface area contributed by atoms with Crippen molar-refractivity contribution in [2.24, 2.45) is 5.73 Å². The van der Waals surface area contributed by atoms with Crippen molar-refractivity contribution in [1.29, 1.82) is 0 Å². The SMILES string of the molecule is CC(=O)N1CCC(OCc2cncc(-c3cnc4c(c3)CCCN4CN)c2Cl)CC1. The van der Waals surface area contributed by atoms with Crippen molar-refractivity contribution in [3.05, 3.63) is 40.8 Å². The van der Waals surface area contributed by atoms with Gasteiger partial charge in [-0.15, -0.1) is 0 Å². The van der Waals surface area contributed by atoms with E-state index in [0.29, 0.717) is 18.3 Å². The van der Waals surface area contributed by atoms with Gasteiger partial charge in [0.25, 0.3) is 0 Å². The van der Waals surface area contributed by atoms with Gasteiger partial charge in [-0.25, -0.2) is 4.98 Å². The van der Waals surface area contributed by atoms with Crippen LogP contribution in [0, 0.1) is 0 Å². The molecule has 160 valence electrons. The van der Waals surface area contributed by atoms with Gasteiger partial charge in [-0.3, -0.25) is 9.78 Å². The predicted molar refractivity (Wildman–Crippen MR) is 117 cm³/mol. The molecule has 0 saturated carbocycles. The lowest BCUT2D eigenvalue weighted by Gasteiger charge is -2.31. The Morgan fingerprint density at radius 1 is 1.27 bits per heavy atom. The molecule has 1 fully saturated rings. The fourth-order valence-corrected chi connectivity index (χ4v) is 4.46. The van der Waals surface area contributed by atoms with E-state index in [-0.39, 0.29) is 12.0 Å². The molecule has 0 aliphatic carbocycles. The van der Waals surface area contributed by atoms with Crippen LogP contribution in [0.3, 0.4) is 0 Å².